The number of carbonyl (C=O) groups is 5. The maximum atomic E-state index is 14.6. The van der Waals surface area contributed by atoms with Gasteiger partial charge in [0.15, 0.2) is 0 Å². The van der Waals surface area contributed by atoms with Crippen molar-refractivity contribution in [3.05, 3.63) is 108 Å². The number of carbonyl (C=O) groups excluding carboxylic acids is 5. The molecule has 0 aliphatic carbocycles. The predicted molar refractivity (Wildman–Crippen MR) is 200 cm³/mol. The van der Waals surface area contributed by atoms with E-state index in [1.54, 1.807) is 45.0 Å². The van der Waals surface area contributed by atoms with Crippen LogP contribution in [0.1, 0.15) is 62.6 Å². The van der Waals surface area contributed by atoms with Gasteiger partial charge in [-0.15, -0.1) is 0 Å². The first kappa shape index (κ1) is 41.8. The zero-order valence-corrected chi connectivity index (χ0v) is 32.2. The standard InChI is InChI=1S/C40H49N2O11P/c1-40(2,3)53-34(43)22-21-31(27-54(48,50-5)24-23-32(37(45)49-4)41-38(46)51-25-28-15-9-6-10-16-28)36(44)42-33(26-52-39(42)47)35(29-17-11-7-12-18-29)30-19-13-8-14-20-30/h6-20,31-33,35H,21-27H2,1-5H3,(H,41,46)/t31-,32+,33-,54?/m1/s1. The summed E-state index contributed by atoms with van der Waals surface area (Å²) in [6.45, 7) is 5.01. The summed E-state index contributed by atoms with van der Waals surface area (Å²) in [5, 5.41) is 2.46. The number of hydrogen-bond acceptors (Lipinski definition) is 11. The summed E-state index contributed by atoms with van der Waals surface area (Å²) < 4.78 is 41.1. The average molecular weight is 765 g/mol. The summed E-state index contributed by atoms with van der Waals surface area (Å²) in [4.78, 5) is 67.3. The average Bonchev–Trinajstić information content (AvgIpc) is 3.54. The predicted octanol–water partition coefficient (Wildman–Crippen LogP) is 6.69. The number of esters is 2. The van der Waals surface area contributed by atoms with Crippen molar-refractivity contribution in [2.24, 2.45) is 5.92 Å². The number of benzene rings is 3. The minimum absolute atomic E-state index is 0.0477. The molecule has 1 heterocycles. The molecule has 1 saturated heterocycles. The van der Waals surface area contributed by atoms with Crippen LogP contribution in [0.25, 0.3) is 0 Å². The normalized spacial score (nSPS) is 16.4. The van der Waals surface area contributed by atoms with Crippen molar-refractivity contribution in [1.82, 2.24) is 10.2 Å². The molecule has 0 saturated carbocycles. The first-order valence-electron chi connectivity index (χ1n) is 17.7. The van der Waals surface area contributed by atoms with Gasteiger partial charge in [-0.1, -0.05) is 91.0 Å². The smallest absolute Gasteiger partial charge is 0.417 e. The van der Waals surface area contributed by atoms with Gasteiger partial charge in [-0.25, -0.2) is 19.3 Å². The van der Waals surface area contributed by atoms with Gasteiger partial charge in [-0.2, -0.15) is 0 Å². The zero-order chi connectivity index (χ0) is 39.3. The van der Waals surface area contributed by atoms with Crippen molar-refractivity contribution < 1.29 is 52.0 Å². The number of alkyl carbamates (subject to hydrolysis) is 1. The fraction of sp³-hybridized carbons (Fsp3) is 0.425. The number of methoxy groups -OCH3 is 1. The molecule has 1 N–H and O–H groups in total. The summed E-state index contributed by atoms with van der Waals surface area (Å²) >= 11 is 0. The van der Waals surface area contributed by atoms with E-state index in [0.717, 1.165) is 28.7 Å². The number of amides is 3. The Labute approximate surface area is 316 Å². The van der Waals surface area contributed by atoms with Crippen LogP contribution in [0.5, 0.6) is 0 Å². The van der Waals surface area contributed by atoms with Gasteiger partial charge < -0.3 is 28.8 Å². The molecule has 54 heavy (non-hydrogen) atoms. The van der Waals surface area contributed by atoms with Gasteiger partial charge >= 0.3 is 24.1 Å². The van der Waals surface area contributed by atoms with Gasteiger partial charge in [-0.05, 0) is 50.3 Å². The Kier molecular flexibility index (Phi) is 15.0. The number of imide groups is 1. The van der Waals surface area contributed by atoms with E-state index in [9.17, 15) is 28.5 Å². The Morgan fingerprint density at radius 2 is 1.46 bits per heavy atom. The van der Waals surface area contributed by atoms with Crippen LogP contribution < -0.4 is 5.32 Å². The van der Waals surface area contributed by atoms with Gasteiger partial charge in [0.2, 0.25) is 13.3 Å². The molecule has 290 valence electrons. The fourth-order valence-electron chi connectivity index (χ4n) is 6.28. The van der Waals surface area contributed by atoms with E-state index in [2.05, 4.69) is 5.32 Å². The molecule has 0 radical (unpaired) electrons. The molecule has 13 nitrogen and oxygen atoms in total. The van der Waals surface area contributed by atoms with Gasteiger partial charge in [0.1, 0.15) is 24.9 Å². The number of nitrogens with zero attached hydrogens (tertiary/aromatic N) is 1. The first-order valence-corrected chi connectivity index (χ1v) is 19.7. The molecule has 3 aromatic rings. The molecule has 1 fully saturated rings. The Morgan fingerprint density at radius 3 is 2.00 bits per heavy atom. The highest BCUT2D eigenvalue weighted by molar-refractivity contribution is 7.59. The lowest BCUT2D eigenvalue weighted by molar-refractivity contribution is -0.155. The highest BCUT2D eigenvalue weighted by atomic mass is 31.2. The zero-order valence-electron chi connectivity index (χ0n) is 31.3. The van der Waals surface area contributed by atoms with Crippen LogP contribution in [-0.2, 0) is 49.0 Å². The number of cyclic esters (lactones) is 1. The van der Waals surface area contributed by atoms with E-state index < -0.39 is 66.9 Å². The number of nitrogens with one attached hydrogen (secondary N) is 1. The highest BCUT2D eigenvalue weighted by Crippen LogP contribution is 2.50. The van der Waals surface area contributed by atoms with Gasteiger partial charge in [-0.3, -0.25) is 14.2 Å². The molecule has 0 aromatic heterocycles. The van der Waals surface area contributed by atoms with Crippen molar-refractivity contribution in [3.63, 3.8) is 0 Å². The van der Waals surface area contributed by atoms with Gasteiger partial charge in [0.05, 0.1) is 13.2 Å². The minimum atomic E-state index is -3.79. The Hall–Kier alpha value is -5.00. The summed E-state index contributed by atoms with van der Waals surface area (Å²) in [5.41, 5.74) is 1.64. The Morgan fingerprint density at radius 1 is 0.889 bits per heavy atom. The summed E-state index contributed by atoms with van der Waals surface area (Å²) in [6, 6.07) is 25.8. The lowest BCUT2D eigenvalue weighted by Crippen LogP contribution is -2.46. The third-order valence-electron chi connectivity index (χ3n) is 8.89. The van der Waals surface area contributed by atoms with E-state index in [-0.39, 0.29) is 44.8 Å². The molecule has 4 atom stereocenters. The molecule has 1 aliphatic heterocycles. The number of rotatable bonds is 17. The van der Waals surface area contributed by atoms with E-state index >= 15 is 0 Å². The molecule has 0 spiro atoms. The van der Waals surface area contributed by atoms with E-state index in [1.165, 1.54) is 7.11 Å². The molecule has 4 rings (SSSR count). The molecule has 3 amide bonds. The molecule has 14 heteroatoms. The van der Waals surface area contributed by atoms with Crippen LogP contribution in [-0.4, -0.2) is 85.8 Å². The van der Waals surface area contributed by atoms with Crippen LogP contribution in [0.2, 0.25) is 0 Å². The quantitative estimate of drug-likeness (QED) is 0.0885. The number of ether oxygens (including phenoxy) is 4. The highest BCUT2D eigenvalue weighted by Gasteiger charge is 2.47. The molecular formula is C40H49N2O11P. The molecular weight excluding hydrogens is 715 g/mol. The third kappa shape index (κ3) is 12.0. The van der Waals surface area contributed by atoms with Crippen molar-refractivity contribution in [2.75, 3.05) is 33.2 Å². The van der Waals surface area contributed by atoms with Crippen LogP contribution in [0.3, 0.4) is 0 Å². The van der Waals surface area contributed by atoms with Crippen molar-refractivity contribution in [2.45, 2.75) is 70.2 Å². The second-order valence-corrected chi connectivity index (χ2v) is 16.8. The number of hydrogen-bond donors (Lipinski definition) is 1. The second kappa shape index (κ2) is 19.4. The van der Waals surface area contributed by atoms with Gasteiger partial charge in [0.25, 0.3) is 0 Å². The summed E-state index contributed by atoms with van der Waals surface area (Å²) in [7, 11) is -1.42. The van der Waals surface area contributed by atoms with E-state index in [0.29, 0.717) is 0 Å². The van der Waals surface area contributed by atoms with Crippen LogP contribution in [0.4, 0.5) is 9.59 Å². The largest absolute Gasteiger partial charge is 0.467 e. The maximum absolute atomic E-state index is 14.6. The molecule has 1 aliphatic rings. The fourth-order valence-corrected chi connectivity index (χ4v) is 8.46. The Balaban J connectivity index is 1.58. The lowest BCUT2D eigenvalue weighted by Gasteiger charge is -2.32. The lowest BCUT2D eigenvalue weighted by atomic mass is 9.84. The first-order chi connectivity index (χ1) is 25.7. The molecule has 3 aromatic carbocycles. The van der Waals surface area contributed by atoms with Crippen LogP contribution >= 0.6 is 7.37 Å². The van der Waals surface area contributed by atoms with Crippen LogP contribution in [0.15, 0.2) is 91.0 Å². The third-order valence-corrected chi connectivity index (χ3v) is 11.5. The van der Waals surface area contributed by atoms with Crippen LogP contribution in [0, 0.1) is 5.92 Å². The Bertz CT molecular complexity index is 1730. The van der Waals surface area contributed by atoms with Crippen molar-refractivity contribution in [1.29, 1.82) is 0 Å². The molecule has 1 unspecified atom stereocenters. The topological polar surface area (TPSA) is 164 Å². The van der Waals surface area contributed by atoms with Gasteiger partial charge in [0, 0.05) is 37.7 Å². The minimum Gasteiger partial charge on any atom is -0.467 e. The SMILES string of the molecule is COC(=O)[C@H](CCP(=O)(C[C@@H](CCC(=O)OC(C)(C)C)C(=O)N1C(=O)OC[C@@H]1C(c1ccccc1)c1ccccc1)OC)NC(=O)OCc1ccccc1. The summed E-state index contributed by atoms with van der Waals surface area (Å²) in [6.07, 6.45) is -2.92. The van der Waals surface area contributed by atoms with Crippen molar-refractivity contribution >= 4 is 37.4 Å². The van der Waals surface area contributed by atoms with E-state index in [4.69, 9.17) is 23.5 Å². The summed E-state index contributed by atoms with van der Waals surface area (Å²) in [5.74, 6) is -3.70. The monoisotopic (exact) mass is 764 g/mol. The molecule has 0 bridgehead atoms. The van der Waals surface area contributed by atoms with E-state index in [1.807, 2.05) is 66.7 Å². The maximum Gasteiger partial charge on any atom is 0.417 e. The second-order valence-electron chi connectivity index (χ2n) is 13.9. The van der Waals surface area contributed by atoms with Crippen molar-refractivity contribution in [3.8, 4) is 0 Å².